The minimum Gasteiger partial charge on any atom is -0.390 e. The van der Waals surface area contributed by atoms with E-state index in [1.54, 1.807) is 0 Å². The highest BCUT2D eigenvalue weighted by Crippen LogP contribution is 2.18. The van der Waals surface area contributed by atoms with Gasteiger partial charge in [0, 0.05) is 19.2 Å². The molecule has 260 valence electrons. The first-order valence-electron chi connectivity index (χ1n) is 15.7. The molecule has 3 rings (SSSR count). The Balaban J connectivity index is 0.00000768. The third-order valence-corrected chi connectivity index (χ3v) is 10.0. The molecule has 0 aliphatic heterocycles. The minimum atomic E-state index is -3.86. The van der Waals surface area contributed by atoms with E-state index in [0.29, 0.717) is 38.3 Å². The summed E-state index contributed by atoms with van der Waals surface area (Å²) >= 11 is 0. The van der Waals surface area contributed by atoms with Crippen LogP contribution in [-0.4, -0.2) is 71.0 Å². The van der Waals surface area contributed by atoms with Crippen molar-refractivity contribution >= 4 is 34.1 Å². The number of carbonyl (C=O) groups excluding carboxylic acids is 2. The molecule has 3 atom stereocenters. The number of rotatable bonds is 19. The van der Waals surface area contributed by atoms with Gasteiger partial charge in [-0.05, 0) is 54.5 Å². The highest BCUT2D eigenvalue weighted by Gasteiger charge is 2.34. The van der Waals surface area contributed by atoms with Gasteiger partial charge in [-0.15, -0.1) is 12.4 Å². The summed E-state index contributed by atoms with van der Waals surface area (Å²) in [5.74, 6) is -3.92. The number of carbonyl (C=O) groups is 2. The predicted molar refractivity (Wildman–Crippen MR) is 180 cm³/mol. The smallest absolute Gasteiger partial charge is 0.270 e. The van der Waals surface area contributed by atoms with Crippen LogP contribution < -0.4 is 16.0 Å². The molecule has 14 heteroatoms. The lowest BCUT2D eigenvalue weighted by atomic mass is 10.00. The third kappa shape index (κ3) is 12.6. The number of sulfone groups is 1. The maximum atomic E-state index is 14.1. The van der Waals surface area contributed by atoms with E-state index in [-0.39, 0.29) is 36.6 Å². The lowest BCUT2D eigenvalue weighted by Gasteiger charge is -2.28. The summed E-state index contributed by atoms with van der Waals surface area (Å²) in [5, 5.41) is 18.8. The van der Waals surface area contributed by atoms with Crippen molar-refractivity contribution in [3.05, 3.63) is 89.0 Å². The number of amides is 2. The average Bonchev–Trinajstić information content (AvgIpc) is 3.55. The van der Waals surface area contributed by atoms with Crippen molar-refractivity contribution in [1.29, 1.82) is 0 Å². The fraction of sp³-hybridized carbons (Fsp3) is 0.485. The Bertz CT molecular complexity index is 1500. The molecule has 1 heterocycles. The summed E-state index contributed by atoms with van der Waals surface area (Å²) in [6, 6.07) is 8.20. The SMILES string of the molecule is CCCC(CCC)S(=O)(=O)CC(NC(=O)c1cnc[nH]1)C(=O)N[C@@H](Cc1cc(F)cc(F)c1)[C@H](O)CNCc1cccc(CC)c1.Cl. The lowest BCUT2D eigenvalue weighted by Crippen LogP contribution is -2.57. The molecule has 0 aliphatic carbocycles. The van der Waals surface area contributed by atoms with Crippen molar-refractivity contribution in [2.24, 2.45) is 0 Å². The Morgan fingerprint density at radius 2 is 1.62 bits per heavy atom. The maximum Gasteiger partial charge on any atom is 0.270 e. The fourth-order valence-electron chi connectivity index (χ4n) is 5.33. The van der Waals surface area contributed by atoms with Crippen molar-refractivity contribution < 1.29 is 31.9 Å². The van der Waals surface area contributed by atoms with E-state index in [4.69, 9.17) is 0 Å². The first-order chi connectivity index (χ1) is 21.9. The number of hydrogen-bond donors (Lipinski definition) is 5. The zero-order chi connectivity index (χ0) is 33.7. The first-order valence-corrected chi connectivity index (χ1v) is 17.4. The van der Waals surface area contributed by atoms with Crippen molar-refractivity contribution in [2.45, 2.75) is 89.3 Å². The summed E-state index contributed by atoms with van der Waals surface area (Å²) < 4.78 is 55.1. The number of hydrogen-bond acceptors (Lipinski definition) is 7. The molecule has 2 aromatic carbocycles. The number of halogens is 3. The van der Waals surface area contributed by atoms with E-state index in [0.717, 1.165) is 29.7 Å². The Kier molecular flexibility index (Phi) is 16.5. The Morgan fingerprint density at radius 1 is 0.957 bits per heavy atom. The summed E-state index contributed by atoms with van der Waals surface area (Å²) in [5.41, 5.74) is 2.34. The number of benzene rings is 2. The topological polar surface area (TPSA) is 153 Å². The molecule has 3 aromatic rings. The fourth-order valence-corrected chi connectivity index (χ4v) is 7.49. The zero-order valence-corrected chi connectivity index (χ0v) is 28.6. The molecule has 2 amide bonds. The van der Waals surface area contributed by atoms with Crippen LogP contribution in [0.25, 0.3) is 0 Å². The van der Waals surface area contributed by atoms with Gasteiger partial charge < -0.3 is 26.0 Å². The van der Waals surface area contributed by atoms with Gasteiger partial charge in [0.1, 0.15) is 23.4 Å². The first kappa shape index (κ1) is 39.8. The summed E-state index contributed by atoms with van der Waals surface area (Å²) in [7, 11) is -3.86. The van der Waals surface area contributed by atoms with Crippen LogP contribution in [0.15, 0.2) is 55.0 Å². The standard InChI is InChI=1S/C33H45F2N5O5S.ClH/c1-4-8-27(9-5-2)46(44,45)20-30(40-32(42)29-18-37-21-38-29)33(43)39-28(15-24-13-25(34)16-26(35)14-24)31(41)19-36-17-23-11-7-10-22(6-3)12-23;/h7,10-14,16,18,21,27-28,30-31,36,41H,4-6,8-9,15,17,19-20H2,1-3H3,(H,37,38)(H,39,43)(H,40,42);1H/t28-,30?,31+;/m0./s1. The predicted octanol–water partition coefficient (Wildman–Crippen LogP) is 4.03. The number of aryl methyl sites for hydroxylation is 1. The van der Waals surface area contributed by atoms with Gasteiger partial charge in [0.2, 0.25) is 5.91 Å². The summed E-state index contributed by atoms with van der Waals surface area (Å²) in [4.78, 5) is 33.1. The third-order valence-electron chi connectivity index (χ3n) is 7.75. The highest BCUT2D eigenvalue weighted by molar-refractivity contribution is 7.92. The molecule has 10 nitrogen and oxygen atoms in total. The summed E-state index contributed by atoms with van der Waals surface area (Å²) in [6.45, 7) is 6.20. The molecule has 0 fully saturated rings. The zero-order valence-electron chi connectivity index (χ0n) is 27.0. The molecule has 0 radical (unpaired) electrons. The second-order valence-electron chi connectivity index (χ2n) is 11.5. The maximum absolute atomic E-state index is 14.1. The van der Waals surface area contributed by atoms with Gasteiger partial charge in [0.25, 0.3) is 5.91 Å². The number of nitrogens with zero attached hydrogens (tertiary/aromatic N) is 1. The van der Waals surface area contributed by atoms with E-state index in [1.165, 1.54) is 12.5 Å². The van der Waals surface area contributed by atoms with Gasteiger partial charge in [0.15, 0.2) is 9.84 Å². The monoisotopic (exact) mass is 697 g/mol. The molecule has 1 aromatic heterocycles. The molecular formula is C33H46ClF2N5O5S. The van der Waals surface area contributed by atoms with Crippen molar-refractivity contribution in [1.82, 2.24) is 25.9 Å². The van der Waals surface area contributed by atoms with Gasteiger partial charge in [-0.3, -0.25) is 9.59 Å². The van der Waals surface area contributed by atoms with Crippen molar-refractivity contribution in [3.63, 3.8) is 0 Å². The number of nitrogens with one attached hydrogen (secondary N) is 4. The Labute approximate surface area is 281 Å². The molecule has 47 heavy (non-hydrogen) atoms. The van der Waals surface area contributed by atoms with Crippen LogP contribution in [0.3, 0.4) is 0 Å². The van der Waals surface area contributed by atoms with Gasteiger partial charge in [-0.2, -0.15) is 0 Å². The van der Waals surface area contributed by atoms with Gasteiger partial charge in [-0.25, -0.2) is 22.2 Å². The highest BCUT2D eigenvalue weighted by atomic mass is 35.5. The van der Waals surface area contributed by atoms with Gasteiger partial charge in [0.05, 0.1) is 35.7 Å². The molecule has 0 aliphatic rings. The summed E-state index contributed by atoms with van der Waals surface area (Å²) in [6.07, 6.45) is 3.99. The average molecular weight is 698 g/mol. The van der Waals surface area contributed by atoms with E-state index < -0.39 is 62.5 Å². The van der Waals surface area contributed by atoms with Crippen LogP contribution in [0.4, 0.5) is 8.78 Å². The second-order valence-corrected chi connectivity index (χ2v) is 13.8. The molecule has 0 saturated heterocycles. The number of aromatic amines is 1. The number of imidazole rings is 1. The number of H-pyrrole nitrogens is 1. The van der Waals surface area contributed by atoms with Gasteiger partial charge >= 0.3 is 0 Å². The number of aromatic nitrogens is 2. The van der Waals surface area contributed by atoms with Crippen LogP contribution in [0.5, 0.6) is 0 Å². The second kappa shape index (κ2) is 19.4. The number of aliphatic hydroxyl groups is 1. The molecule has 0 spiro atoms. The molecular weight excluding hydrogens is 652 g/mol. The molecule has 5 N–H and O–H groups in total. The van der Waals surface area contributed by atoms with Crippen LogP contribution in [-0.2, 0) is 34.0 Å². The van der Waals surface area contributed by atoms with E-state index in [9.17, 15) is 31.9 Å². The Morgan fingerprint density at radius 3 is 2.21 bits per heavy atom. The Hall–Kier alpha value is -3.39. The van der Waals surface area contributed by atoms with Gasteiger partial charge in [-0.1, -0.05) is 57.9 Å². The van der Waals surface area contributed by atoms with Crippen molar-refractivity contribution in [3.8, 4) is 0 Å². The van der Waals surface area contributed by atoms with Crippen LogP contribution >= 0.6 is 12.4 Å². The molecule has 0 bridgehead atoms. The molecule has 1 unspecified atom stereocenters. The van der Waals surface area contributed by atoms with Crippen LogP contribution in [0.2, 0.25) is 0 Å². The van der Waals surface area contributed by atoms with Crippen molar-refractivity contribution in [2.75, 3.05) is 12.3 Å². The lowest BCUT2D eigenvalue weighted by molar-refractivity contribution is -0.124. The van der Waals surface area contributed by atoms with E-state index >= 15 is 0 Å². The quantitative estimate of drug-likeness (QED) is 0.127. The van der Waals surface area contributed by atoms with Crippen LogP contribution in [0, 0.1) is 11.6 Å². The van der Waals surface area contributed by atoms with E-state index in [2.05, 4.69) is 25.9 Å². The normalized spacial score (nSPS) is 13.4. The minimum absolute atomic E-state index is 0. The number of aliphatic hydroxyl groups excluding tert-OH is 1. The van der Waals surface area contributed by atoms with E-state index in [1.807, 2.05) is 45.0 Å². The molecule has 0 saturated carbocycles. The largest absolute Gasteiger partial charge is 0.390 e. The van der Waals surface area contributed by atoms with Crippen LogP contribution in [0.1, 0.15) is 73.6 Å².